The van der Waals surface area contributed by atoms with Crippen molar-refractivity contribution in [3.63, 3.8) is 0 Å². The first-order chi connectivity index (χ1) is 7.37. The largest absolute Gasteiger partial charge is 0.495 e. The van der Waals surface area contributed by atoms with E-state index in [4.69, 9.17) is 21.1 Å². The highest BCUT2D eigenvalue weighted by atomic mass is 35.5. The average Bonchev–Trinajstić information content (AvgIpc) is 2.18. The minimum atomic E-state index is -3.38. The van der Waals surface area contributed by atoms with E-state index in [2.05, 4.69) is 4.72 Å². The van der Waals surface area contributed by atoms with E-state index in [-0.39, 0.29) is 5.69 Å². The SMILES string of the molecule is COc1cc(NS(C)(=O)=O)c(OC)cc1Cl. The van der Waals surface area contributed by atoms with Gasteiger partial charge >= 0.3 is 0 Å². The lowest BCUT2D eigenvalue weighted by molar-refractivity contribution is 0.405. The topological polar surface area (TPSA) is 64.6 Å². The summed E-state index contributed by atoms with van der Waals surface area (Å²) in [6.45, 7) is 0. The average molecular weight is 266 g/mol. The number of benzene rings is 1. The lowest BCUT2D eigenvalue weighted by Crippen LogP contribution is -2.10. The molecule has 0 amide bonds. The predicted octanol–water partition coefficient (Wildman–Crippen LogP) is 1.73. The van der Waals surface area contributed by atoms with E-state index >= 15 is 0 Å². The second kappa shape index (κ2) is 4.80. The van der Waals surface area contributed by atoms with Crippen LogP contribution in [0.4, 0.5) is 5.69 Å². The highest BCUT2D eigenvalue weighted by molar-refractivity contribution is 7.92. The van der Waals surface area contributed by atoms with Gasteiger partial charge in [0.2, 0.25) is 10.0 Å². The van der Waals surface area contributed by atoms with Crippen LogP contribution in [-0.2, 0) is 10.0 Å². The fourth-order valence-electron chi connectivity index (χ4n) is 1.14. The molecule has 0 saturated heterocycles. The molecule has 0 aliphatic carbocycles. The zero-order valence-corrected chi connectivity index (χ0v) is 10.6. The Labute approximate surface area is 99.4 Å². The summed E-state index contributed by atoms with van der Waals surface area (Å²) >= 11 is 5.87. The van der Waals surface area contributed by atoms with Crippen LogP contribution in [-0.4, -0.2) is 28.9 Å². The summed E-state index contributed by atoms with van der Waals surface area (Å²) < 4.78 is 34.5. The normalized spacial score (nSPS) is 11.0. The summed E-state index contributed by atoms with van der Waals surface area (Å²) in [5, 5.41) is 0.346. The molecule has 90 valence electrons. The molecule has 0 bridgehead atoms. The van der Waals surface area contributed by atoms with Gasteiger partial charge < -0.3 is 9.47 Å². The van der Waals surface area contributed by atoms with Crippen molar-refractivity contribution >= 4 is 27.3 Å². The molecule has 1 N–H and O–H groups in total. The minimum absolute atomic E-state index is 0.284. The molecule has 0 aliphatic rings. The maximum atomic E-state index is 11.1. The molecule has 0 aliphatic heterocycles. The fraction of sp³-hybridized carbons (Fsp3) is 0.333. The van der Waals surface area contributed by atoms with Gasteiger partial charge in [-0.05, 0) is 0 Å². The summed E-state index contributed by atoms with van der Waals surface area (Å²) in [5.41, 5.74) is 0.284. The third-order valence-corrected chi connectivity index (χ3v) is 2.66. The molecule has 16 heavy (non-hydrogen) atoms. The summed E-state index contributed by atoms with van der Waals surface area (Å²) in [6, 6.07) is 2.94. The number of sulfonamides is 1. The summed E-state index contributed by atoms with van der Waals surface area (Å²) in [6.07, 6.45) is 1.05. The fourth-order valence-corrected chi connectivity index (χ4v) is 1.93. The molecule has 0 aromatic heterocycles. The van der Waals surface area contributed by atoms with E-state index in [9.17, 15) is 8.42 Å². The van der Waals surface area contributed by atoms with Crippen molar-refractivity contribution in [1.29, 1.82) is 0 Å². The van der Waals surface area contributed by atoms with Gasteiger partial charge in [0.25, 0.3) is 0 Å². The highest BCUT2D eigenvalue weighted by Crippen LogP contribution is 2.36. The molecule has 5 nitrogen and oxygen atoms in total. The zero-order valence-electron chi connectivity index (χ0n) is 9.07. The maximum Gasteiger partial charge on any atom is 0.229 e. The van der Waals surface area contributed by atoms with Gasteiger partial charge in [-0.2, -0.15) is 0 Å². The molecular weight excluding hydrogens is 254 g/mol. The molecule has 1 aromatic carbocycles. The second-order valence-electron chi connectivity index (χ2n) is 3.06. The number of nitrogens with one attached hydrogen (secondary N) is 1. The first kappa shape index (κ1) is 12.9. The van der Waals surface area contributed by atoms with Gasteiger partial charge in [0.15, 0.2) is 0 Å². The number of hydrogen-bond donors (Lipinski definition) is 1. The van der Waals surface area contributed by atoms with Crippen molar-refractivity contribution in [3.05, 3.63) is 17.2 Å². The Morgan fingerprint density at radius 2 is 1.75 bits per heavy atom. The second-order valence-corrected chi connectivity index (χ2v) is 5.22. The van der Waals surface area contributed by atoms with Gasteiger partial charge in [-0.3, -0.25) is 4.72 Å². The zero-order chi connectivity index (χ0) is 12.3. The van der Waals surface area contributed by atoms with E-state index in [1.54, 1.807) is 0 Å². The quantitative estimate of drug-likeness (QED) is 0.900. The Morgan fingerprint density at radius 1 is 1.19 bits per heavy atom. The van der Waals surface area contributed by atoms with E-state index in [1.807, 2.05) is 0 Å². The van der Waals surface area contributed by atoms with Gasteiger partial charge in [0.05, 0.1) is 31.2 Å². The van der Waals surface area contributed by atoms with Crippen LogP contribution in [0.15, 0.2) is 12.1 Å². The number of methoxy groups -OCH3 is 2. The molecule has 0 heterocycles. The third-order valence-electron chi connectivity index (χ3n) is 1.77. The molecule has 0 unspecified atom stereocenters. The van der Waals surface area contributed by atoms with E-state index in [0.717, 1.165) is 6.26 Å². The molecule has 0 fully saturated rings. The van der Waals surface area contributed by atoms with Crippen LogP contribution in [0.25, 0.3) is 0 Å². The third kappa shape index (κ3) is 3.18. The van der Waals surface area contributed by atoms with Crippen LogP contribution < -0.4 is 14.2 Å². The van der Waals surface area contributed by atoms with Crippen molar-refractivity contribution in [3.8, 4) is 11.5 Å². The number of halogens is 1. The van der Waals surface area contributed by atoms with Crippen LogP contribution in [0.3, 0.4) is 0 Å². The van der Waals surface area contributed by atoms with Gasteiger partial charge in [0, 0.05) is 12.1 Å². The molecule has 0 atom stereocenters. The van der Waals surface area contributed by atoms with E-state index in [0.29, 0.717) is 16.5 Å². The first-order valence-electron chi connectivity index (χ1n) is 4.26. The Morgan fingerprint density at radius 3 is 2.19 bits per heavy atom. The Bertz CT molecular complexity index is 487. The number of ether oxygens (including phenoxy) is 2. The van der Waals surface area contributed by atoms with Crippen LogP contribution in [0.1, 0.15) is 0 Å². The molecule has 0 radical (unpaired) electrons. The minimum Gasteiger partial charge on any atom is -0.495 e. The van der Waals surface area contributed by atoms with Crippen molar-refractivity contribution < 1.29 is 17.9 Å². The lowest BCUT2D eigenvalue weighted by atomic mass is 10.3. The molecular formula is C9H12ClNO4S. The van der Waals surface area contributed by atoms with Gasteiger partial charge in [0.1, 0.15) is 11.5 Å². The van der Waals surface area contributed by atoms with Gasteiger partial charge in [-0.15, -0.1) is 0 Å². The first-order valence-corrected chi connectivity index (χ1v) is 6.53. The molecule has 0 spiro atoms. The molecule has 1 aromatic rings. The summed E-state index contributed by atoms with van der Waals surface area (Å²) in [7, 11) is -0.512. The smallest absolute Gasteiger partial charge is 0.229 e. The highest BCUT2D eigenvalue weighted by Gasteiger charge is 2.12. The van der Waals surface area contributed by atoms with Gasteiger partial charge in [-0.25, -0.2) is 8.42 Å². The van der Waals surface area contributed by atoms with Crippen molar-refractivity contribution in [2.24, 2.45) is 0 Å². The molecule has 7 heteroatoms. The van der Waals surface area contributed by atoms with Crippen LogP contribution in [0.5, 0.6) is 11.5 Å². The van der Waals surface area contributed by atoms with Crippen molar-refractivity contribution in [2.45, 2.75) is 0 Å². The van der Waals surface area contributed by atoms with E-state index < -0.39 is 10.0 Å². The monoisotopic (exact) mass is 265 g/mol. The Hall–Kier alpha value is -1.14. The number of hydrogen-bond acceptors (Lipinski definition) is 4. The van der Waals surface area contributed by atoms with Gasteiger partial charge in [-0.1, -0.05) is 11.6 Å². The molecule has 0 saturated carbocycles. The Kier molecular flexibility index (Phi) is 3.88. The number of rotatable bonds is 4. The van der Waals surface area contributed by atoms with E-state index in [1.165, 1.54) is 26.4 Å². The maximum absolute atomic E-state index is 11.1. The lowest BCUT2D eigenvalue weighted by Gasteiger charge is -2.12. The summed E-state index contributed by atoms with van der Waals surface area (Å²) in [4.78, 5) is 0. The van der Waals surface area contributed by atoms with Crippen LogP contribution >= 0.6 is 11.6 Å². The van der Waals surface area contributed by atoms with Crippen LogP contribution in [0.2, 0.25) is 5.02 Å². The van der Waals surface area contributed by atoms with Crippen LogP contribution in [0, 0.1) is 0 Å². The van der Waals surface area contributed by atoms with Crippen molar-refractivity contribution in [2.75, 3.05) is 25.2 Å². The Balaban J connectivity index is 3.25. The predicted molar refractivity (Wildman–Crippen MR) is 63.0 cm³/mol. The standard InChI is InChI=1S/C9H12ClNO4S/c1-14-8-5-7(11-16(3,12)13)9(15-2)4-6(8)10/h4-5,11H,1-3H3. The number of anilines is 1. The molecule has 1 rings (SSSR count). The summed E-state index contributed by atoms with van der Waals surface area (Å²) in [5.74, 6) is 0.699. The van der Waals surface area contributed by atoms with Crippen molar-refractivity contribution in [1.82, 2.24) is 0 Å².